The average Bonchev–Trinajstić information content (AvgIpc) is 3.18. The summed E-state index contributed by atoms with van der Waals surface area (Å²) in [6, 6.07) is 15.1. The van der Waals surface area contributed by atoms with Crippen LogP contribution in [0, 0.1) is 6.92 Å². The second kappa shape index (κ2) is 9.32. The van der Waals surface area contributed by atoms with Gasteiger partial charge in [0.15, 0.2) is 11.3 Å². The molecule has 7 nitrogen and oxygen atoms in total. The monoisotopic (exact) mass is 496 g/mol. The first kappa shape index (κ1) is 22.6. The SMILES string of the molecule is Cc1nc2c(c(=O)n1CCC1=CCCCC1)c1nc3ccccc3nc1n2N=Cc1cccc(Cl)c1. The number of allylic oxidation sites excluding steroid dienone is 2. The van der Waals surface area contributed by atoms with E-state index < -0.39 is 0 Å². The number of fused-ring (bicyclic) bond motifs is 4. The van der Waals surface area contributed by atoms with E-state index >= 15 is 0 Å². The topological polar surface area (TPSA) is 78.0 Å². The zero-order chi connectivity index (χ0) is 24.6. The minimum absolute atomic E-state index is 0.111. The average molecular weight is 497 g/mol. The minimum atomic E-state index is -0.111. The number of hydrogen-bond donors (Lipinski definition) is 0. The van der Waals surface area contributed by atoms with Crippen molar-refractivity contribution in [2.24, 2.45) is 5.10 Å². The Hall–Kier alpha value is -3.84. The lowest BCUT2D eigenvalue weighted by atomic mass is 9.97. The van der Waals surface area contributed by atoms with Gasteiger partial charge in [0, 0.05) is 11.6 Å². The van der Waals surface area contributed by atoms with Crippen molar-refractivity contribution in [3.8, 4) is 0 Å². The van der Waals surface area contributed by atoms with Gasteiger partial charge in [0.25, 0.3) is 5.56 Å². The maximum Gasteiger partial charge on any atom is 0.265 e. The summed E-state index contributed by atoms with van der Waals surface area (Å²) in [6.07, 6.45) is 9.58. The van der Waals surface area contributed by atoms with Crippen LogP contribution >= 0.6 is 11.6 Å². The van der Waals surface area contributed by atoms with E-state index in [1.165, 1.54) is 18.4 Å². The Labute approximate surface area is 212 Å². The molecule has 36 heavy (non-hydrogen) atoms. The van der Waals surface area contributed by atoms with Crippen molar-refractivity contribution in [1.82, 2.24) is 24.2 Å². The van der Waals surface area contributed by atoms with Crippen molar-refractivity contribution in [1.29, 1.82) is 0 Å². The quantitative estimate of drug-likeness (QED) is 0.220. The molecule has 0 fully saturated rings. The van der Waals surface area contributed by atoms with Crippen LogP contribution in [-0.4, -0.2) is 30.4 Å². The summed E-state index contributed by atoms with van der Waals surface area (Å²) in [5.74, 6) is 0.649. The minimum Gasteiger partial charge on any atom is -0.296 e. The van der Waals surface area contributed by atoms with Crippen LogP contribution < -0.4 is 5.56 Å². The fraction of sp³-hybridized carbons (Fsp3) is 0.250. The smallest absolute Gasteiger partial charge is 0.265 e. The highest BCUT2D eigenvalue weighted by molar-refractivity contribution is 6.30. The van der Waals surface area contributed by atoms with Crippen LogP contribution in [0.15, 0.2) is 70.1 Å². The molecule has 0 N–H and O–H groups in total. The van der Waals surface area contributed by atoms with E-state index in [9.17, 15) is 4.79 Å². The van der Waals surface area contributed by atoms with Crippen molar-refractivity contribution in [3.63, 3.8) is 0 Å². The molecule has 180 valence electrons. The van der Waals surface area contributed by atoms with Crippen molar-refractivity contribution < 1.29 is 0 Å². The van der Waals surface area contributed by atoms with Crippen LogP contribution in [0.25, 0.3) is 33.2 Å². The molecule has 1 aliphatic carbocycles. The predicted molar refractivity (Wildman–Crippen MR) is 145 cm³/mol. The molecule has 1 aliphatic rings. The zero-order valence-electron chi connectivity index (χ0n) is 20.0. The number of para-hydroxylation sites is 2. The highest BCUT2D eigenvalue weighted by atomic mass is 35.5. The Balaban J connectivity index is 1.56. The van der Waals surface area contributed by atoms with Crippen LogP contribution in [0.2, 0.25) is 5.02 Å². The summed E-state index contributed by atoms with van der Waals surface area (Å²) in [7, 11) is 0. The molecule has 0 unspecified atom stereocenters. The lowest BCUT2D eigenvalue weighted by Gasteiger charge is -2.14. The molecule has 8 heteroatoms. The van der Waals surface area contributed by atoms with Crippen molar-refractivity contribution in [3.05, 3.63) is 86.9 Å². The number of nitrogens with zero attached hydrogens (tertiary/aromatic N) is 6. The van der Waals surface area contributed by atoms with Crippen molar-refractivity contribution in [2.45, 2.75) is 45.6 Å². The van der Waals surface area contributed by atoms with E-state index in [2.05, 4.69) is 11.2 Å². The fourth-order valence-corrected chi connectivity index (χ4v) is 5.08. The molecule has 3 aromatic heterocycles. The van der Waals surface area contributed by atoms with Crippen LogP contribution in [-0.2, 0) is 6.54 Å². The normalized spacial score (nSPS) is 14.3. The number of halogens is 1. The molecule has 0 saturated carbocycles. The van der Waals surface area contributed by atoms with E-state index in [0.29, 0.717) is 39.6 Å². The maximum atomic E-state index is 13.9. The van der Waals surface area contributed by atoms with E-state index in [1.807, 2.05) is 55.5 Å². The van der Waals surface area contributed by atoms with Gasteiger partial charge in [0.2, 0.25) is 0 Å². The molecule has 0 bridgehead atoms. The predicted octanol–water partition coefficient (Wildman–Crippen LogP) is 6.03. The Morgan fingerprint density at radius 3 is 2.64 bits per heavy atom. The summed E-state index contributed by atoms with van der Waals surface area (Å²) in [5, 5.41) is 5.74. The molecular weight excluding hydrogens is 472 g/mol. The van der Waals surface area contributed by atoms with Gasteiger partial charge in [-0.3, -0.25) is 9.36 Å². The molecule has 6 rings (SSSR count). The van der Waals surface area contributed by atoms with Gasteiger partial charge in [-0.2, -0.15) is 9.78 Å². The highest BCUT2D eigenvalue weighted by Crippen LogP contribution is 2.26. The van der Waals surface area contributed by atoms with Gasteiger partial charge >= 0.3 is 0 Å². The number of hydrogen-bond acceptors (Lipinski definition) is 5. The number of aromatic nitrogens is 5. The van der Waals surface area contributed by atoms with Gasteiger partial charge in [-0.15, -0.1) is 0 Å². The van der Waals surface area contributed by atoms with Gasteiger partial charge in [0.1, 0.15) is 16.7 Å². The van der Waals surface area contributed by atoms with Gasteiger partial charge in [-0.25, -0.2) is 15.0 Å². The Bertz CT molecular complexity index is 1750. The summed E-state index contributed by atoms with van der Waals surface area (Å²) in [6.45, 7) is 2.47. The molecule has 3 heterocycles. The third kappa shape index (κ3) is 4.09. The first-order chi connectivity index (χ1) is 17.6. The van der Waals surface area contributed by atoms with Gasteiger partial charge in [-0.1, -0.05) is 47.5 Å². The Morgan fingerprint density at radius 2 is 1.86 bits per heavy atom. The lowest BCUT2D eigenvalue weighted by Crippen LogP contribution is -2.24. The van der Waals surface area contributed by atoms with Gasteiger partial charge < -0.3 is 0 Å². The van der Waals surface area contributed by atoms with Gasteiger partial charge in [-0.05, 0) is 68.9 Å². The number of rotatable bonds is 5. The van der Waals surface area contributed by atoms with Crippen LogP contribution in [0.4, 0.5) is 0 Å². The Kier molecular flexibility index (Phi) is 5.85. The second-order valence-corrected chi connectivity index (χ2v) is 9.60. The molecule has 0 amide bonds. The first-order valence-corrected chi connectivity index (χ1v) is 12.6. The summed E-state index contributed by atoms with van der Waals surface area (Å²) >= 11 is 6.15. The summed E-state index contributed by atoms with van der Waals surface area (Å²) < 4.78 is 3.38. The third-order valence-electron chi connectivity index (χ3n) is 6.74. The zero-order valence-corrected chi connectivity index (χ0v) is 20.7. The first-order valence-electron chi connectivity index (χ1n) is 12.2. The molecule has 0 spiro atoms. The van der Waals surface area contributed by atoms with Crippen molar-refractivity contribution >= 4 is 51.0 Å². The second-order valence-electron chi connectivity index (χ2n) is 9.17. The summed E-state index contributed by atoms with van der Waals surface area (Å²) in [5.41, 5.74) is 5.06. The molecular formula is C28H25ClN6O. The molecule has 0 atom stereocenters. The highest BCUT2D eigenvalue weighted by Gasteiger charge is 2.21. The molecule has 5 aromatic rings. The van der Waals surface area contributed by atoms with Crippen molar-refractivity contribution in [2.75, 3.05) is 0 Å². The molecule has 0 aliphatic heterocycles. The third-order valence-corrected chi connectivity index (χ3v) is 6.98. The molecule has 0 saturated heterocycles. The van der Waals surface area contributed by atoms with Crippen LogP contribution in [0.3, 0.4) is 0 Å². The van der Waals surface area contributed by atoms with Gasteiger partial charge in [0.05, 0.1) is 17.2 Å². The van der Waals surface area contributed by atoms with Crippen LogP contribution in [0.5, 0.6) is 0 Å². The van der Waals surface area contributed by atoms with E-state index in [-0.39, 0.29) is 5.56 Å². The lowest BCUT2D eigenvalue weighted by molar-refractivity contribution is 0.597. The fourth-order valence-electron chi connectivity index (χ4n) is 4.89. The molecule has 0 radical (unpaired) electrons. The van der Waals surface area contributed by atoms with Crippen LogP contribution in [0.1, 0.15) is 43.5 Å². The summed E-state index contributed by atoms with van der Waals surface area (Å²) in [4.78, 5) is 28.4. The van der Waals surface area contributed by atoms with E-state index in [1.54, 1.807) is 15.5 Å². The maximum absolute atomic E-state index is 13.9. The largest absolute Gasteiger partial charge is 0.296 e. The standard InChI is InChI=1S/C28H25ClN6O/c1-18-31-26-24(28(36)34(18)15-14-19-8-3-2-4-9-19)25-27(33-23-13-6-5-12-22(23)32-25)35(26)30-17-20-10-7-11-21(29)16-20/h5-8,10-13,16-17H,2-4,9,14-15H2,1H3. The molecule has 2 aromatic carbocycles. The number of benzene rings is 2. The van der Waals surface area contributed by atoms with E-state index in [0.717, 1.165) is 35.9 Å². The Morgan fingerprint density at radius 1 is 1.03 bits per heavy atom. The number of aryl methyl sites for hydroxylation is 1. The van der Waals surface area contributed by atoms with E-state index in [4.69, 9.17) is 26.6 Å².